The van der Waals surface area contributed by atoms with E-state index in [1.807, 2.05) is 31.2 Å². The predicted molar refractivity (Wildman–Crippen MR) is 89.9 cm³/mol. The first-order valence-electron chi connectivity index (χ1n) is 8.08. The Morgan fingerprint density at radius 3 is 2.26 bits per heavy atom. The van der Waals surface area contributed by atoms with Crippen LogP contribution in [0.2, 0.25) is 0 Å². The van der Waals surface area contributed by atoms with Crippen LogP contribution in [0.3, 0.4) is 0 Å². The zero-order chi connectivity index (χ0) is 16.4. The van der Waals surface area contributed by atoms with Crippen molar-refractivity contribution in [3.8, 4) is 0 Å². The van der Waals surface area contributed by atoms with Gasteiger partial charge in [0.1, 0.15) is 0 Å². The second kappa shape index (κ2) is 6.49. The molecule has 2 N–H and O–H groups in total. The third-order valence-electron chi connectivity index (χ3n) is 4.40. The molecule has 1 heterocycles. The zero-order valence-corrected chi connectivity index (χ0v) is 14.1. The minimum atomic E-state index is -3.09. The van der Waals surface area contributed by atoms with Crippen LogP contribution in [-0.4, -0.2) is 43.1 Å². The second-order valence-electron chi connectivity index (χ2n) is 6.38. The minimum Gasteiger partial charge on any atom is -0.335 e. The average Bonchev–Trinajstić information content (AvgIpc) is 3.35. The van der Waals surface area contributed by atoms with E-state index < -0.39 is 10.0 Å². The molecule has 0 atom stereocenters. The van der Waals surface area contributed by atoms with Gasteiger partial charge in [0.05, 0.1) is 5.25 Å². The number of hydrogen-bond donors (Lipinski definition) is 2. The summed E-state index contributed by atoms with van der Waals surface area (Å²) in [5, 5.41) is 5.58. The molecule has 2 fully saturated rings. The Morgan fingerprint density at radius 2 is 1.70 bits per heavy atom. The van der Waals surface area contributed by atoms with Crippen LogP contribution in [-0.2, 0) is 10.0 Å². The van der Waals surface area contributed by atoms with Gasteiger partial charge in [-0.15, -0.1) is 0 Å². The van der Waals surface area contributed by atoms with Crippen LogP contribution in [0.1, 0.15) is 31.2 Å². The summed E-state index contributed by atoms with van der Waals surface area (Å²) in [4.78, 5) is 12.0. The summed E-state index contributed by atoms with van der Waals surface area (Å²) in [5.74, 6) is 0. The van der Waals surface area contributed by atoms with Crippen LogP contribution in [0.4, 0.5) is 10.5 Å². The number of benzene rings is 1. The van der Waals surface area contributed by atoms with Crippen molar-refractivity contribution in [3.05, 3.63) is 29.8 Å². The number of nitrogens with one attached hydrogen (secondary N) is 2. The number of aryl methyl sites for hydroxylation is 1. The van der Waals surface area contributed by atoms with Crippen molar-refractivity contribution >= 4 is 21.7 Å². The molecular weight excluding hydrogens is 314 g/mol. The van der Waals surface area contributed by atoms with Crippen LogP contribution in [0.25, 0.3) is 0 Å². The molecule has 7 heteroatoms. The Kier molecular flexibility index (Phi) is 4.59. The summed E-state index contributed by atoms with van der Waals surface area (Å²) in [7, 11) is -3.09. The number of sulfonamides is 1. The number of amides is 2. The smallest absolute Gasteiger partial charge is 0.319 e. The van der Waals surface area contributed by atoms with Gasteiger partial charge < -0.3 is 10.6 Å². The molecule has 6 nitrogen and oxygen atoms in total. The molecule has 0 radical (unpaired) electrons. The summed E-state index contributed by atoms with van der Waals surface area (Å²) in [5.41, 5.74) is 1.89. The van der Waals surface area contributed by atoms with E-state index in [1.54, 1.807) is 4.31 Å². The van der Waals surface area contributed by atoms with E-state index in [9.17, 15) is 13.2 Å². The van der Waals surface area contributed by atoms with Gasteiger partial charge in [0.15, 0.2) is 0 Å². The van der Waals surface area contributed by atoms with Crippen LogP contribution in [0, 0.1) is 6.92 Å². The van der Waals surface area contributed by atoms with E-state index in [-0.39, 0.29) is 17.3 Å². The lowest BCUT2D eigenvalue weighted by Gasteiger charge is -2.31. The van der Waals surface area contributed by atoms with Gasteiger partial charge in [0.2, 0.25) is 10.0 Å². The highest BCUT2D eigenvalue weighted by Crippen LogP contribution is 2.32. The topological polar surface area (TPSA) is 78.5 Å². The maximum Gasteiger partial charge on any atom is 0.319 e. The highest BCUT2D eigenvalue weighted by atomic mass is 32.2. The van der Waals surface area contributed by atoms with Gasteiger partial charge in [0.25, 0.3) is 0 Å². The molecule has 1 aliphatic carbocycles. The van der Waals surface area contributed by atoms with E-state index in [4.69, 9.17) is 0 Å². The molecule has 0 unspecified atom stereocenters. The molecule has 2 amide bonds. The molecule has 0 aromatic heterocycles. The quantitative estimate of drug-likeness (QED) is 0.883. The maximum atomic E-state index is 12.2. The summed E-state index contributed by atoms with van der Waals surface area (Å²) < 4.78 is 25.9. The molecule has 0 spiro atoms. The Hall–Kier alpha value is -1.60. The fraction of sp³-hybridized carbons (Fsp3) is 0.562. The molecule has 1 aromatic rings. The van der Waals surface area contributed by atoms with Gasteiger partial charge in [-0.05, 0) is 44.7 Å². The SMILES string of the molecule is Cc1ccc(NC(=O)NC2CCN(S(=O)(=O)C3CC3)CC2)cc1. The number of anilines is 1. The van der Waals surface area contributed by atoms with Crippen molar-refractivity contribution in [2.45, 2.75) is 43.9 Å². The Labute approximate surface area is 137 Å². The van der Waals surface area contributed by atoms with Crippen LogP contribution < -0.4 is 10.6 Å². The number of piperidine rings is 1. The molecular formula is C16H23N3O3S. The number of carbonyl (C=O) groups excluding carboxylic acids is 1. The van der Waals surface area contributed by atoms with Crippen molar-refractivity contribution < 1.29 is 13.2 Å². The van der Waals surface area contributed by atoms with E-state index in [2.05, 4.69) is 10.6 Å². The van der Waals surface area contributed by atoms with E-state index in [0.717, 1.165) is 24.1 Å². The number of urea groups is 1. The van der Waals surface area contributed by atoms with Gasteiger partial charge in [-0.1, -0.05) is 17.7 Å². The van der Waals surface area contributed by atoms with Crippen LogP contribution >= 0.6 is 0 Å². The Morgan fingerprint density at radius 1 is 1.09 bits per heavy atom. The number of hydrogen-bond acceptors (Lipinski definition) is 3. The minimum absolute atomic E-state index is 0.0195. The third-order valence-corrected chi connectivity index (χ3v) is 6.80. The average molecular weight is 337 g/mol. The Balaban J connectivity index is 1.46. The zero-order valence-electron chi connectivity index (χ0n) is 13.3. The summed E-state index contributed by atoms with van der Waals surface area (Å²) in [6.45, 7) is 2.98. The first-order chi connectivity index (χ1) is 10.9. The fourth-order valence-corrected chi connectivity index (χ4v) is 4.69. The van der Waals surface area contributed by atoms with Crippen molar-refractivity contribution in [2.24, 2.45) is 0 Å². The van der Waals surface area contributed by atoms with Crippen LogP contribution in [0.5, 0.6) is 0 Å². The van der Waals surface area contributed by atoms with Gasteiger partial charge in [-0.25, -0.2) is 17.5 Å². The fourth-order valence-electron chi connectivity index (χ4n) is 2.82. The summed E-state index contributed by atoms with van der Waals surface area (Å²) in [6, 6.07) is 7.39. The molecule has 3 rings (SSSR count). The predicted octanol–water partition coefficient (Wildman–Crippen LogP) is 2.07. The lowest BCUT2D eigenvalue weighted by molar-refractivity contribution is 0.238. The Bertz CT molecular complexity index is 660. The molecule has 126 valence electrons. The molecule has 0 bridgehead atoms. The van der Waals surface area contributed by atoms with Gasteiger partial charge in [-0.3, -0.25) is 0 Å². The van der Waals surface area contributed by atoms with E-state index in [1.165, 1.54) is 0 Å². The molecule has 1 saturated carbocycles. The van der Waals surface area contributed by atoms with Gasteiger partial charge >= 0.3 is 6.03 Å². The first-order valence-corrected chi connectivity index (χ1v) is 9.58. The summed E-state index contributed by atoms with van der Waals surface area (Å²) >= 11 is 0. The molecule has 2 aliphatic rings. The van der Waals surface area contributed by atoms with Crippen molar-refractivity contribution in [2.75, 3.05) is 18.4 Å². The number of carbonyl (C=O) groups is 1. The summed E-state index contributed by atoms with van der Waals surface area (Å²) in [6.07, 6.45) is 2.90. The molecule has 1 aromatic carbocycles. The normalized spacial score (nSPS) is 20.2. The number of nitrogens with zero attached hydrogens (tertiary/aromatic N) is 1. The maximum absolute atomic E-state index is 12.2. The lowest BCUT2D eigenvalue weighted by Crippen LogP contribution is -2.48. The standard InChI is InChI=1S/C16H23N3O3S/c1-12-2-4-13(5-3-12)17-16(20)18-14-8-10-19(11-9-14)23(21,22)15-6-7-15/h2-5,14-15H,6-11H2,1H3,(H2,17,18,20). The van der Waals surface area contributed by atoms with Crippen molar-refractivity contribution in [3.63, 3.8) is 0 Å². The lowest BCUT2D eigenvalue weighted by atomic mass is 10.1. The highest BCUT2D eigenvalue weighted by molar-refractivity contribution is 7.90. The largest absolute Gasteiger partial charge is 0.335 e. The van der Waals surface area contributed by atoms with Gasteiger partial charge in [-0.2, -0.15) is 0 Å². The van der Waals surface area contributed by atoms with Gasteiger partial charge in [0, 0.05) is 24.8 Å². The second-order valence-corrected chi connectivity index (χ2v) is 8.60. The van der Waals surface area contributed by atoms with Crippen molar-refractivity contribution in [1.82, 2.24) is 9.62 Å². The molecule has 1 aliphatic heterocycles. The van der Waals surface area contributed by atoms with E-state index >= 15 is 0 Å². The van der Waals surface area contributed by atoms with E-state index in [0.29, 0.717) is 25.9 Å². The monoisotopic (exact) mass is 337 g/mol. The number of rotatable bonds is 4. The highest BCUT2D eigenvalue weighted by Gasteiger charge is 2.41. The first kappa shape index (κ1) is 16.3. The third kappa shape index (κ3) is 4.03. The molecule has 1 saturated heterocycles. The molecule has 23 heavy (non-hydrogen) atoms. The van der Waals surface area contributed by atoms with Crippen molar-refractivity contribution in [1.29, 1.82) is 0 Å². The van der Waals surface area contributed by atoms with Crippen LogP contribution in [0.15, 0.2) is 24.3 Å².